The minimum Gasteiger partial charge on any atom is -1.00 e. The van der Waals surface area contributed by atoms with E-state index in [1.807, 2.05) is 0 Å². The van der Waals surface area contributed by atoms with Gasteiger partial charge >= 0.3 is 101 Å². The van der Waals surface area contributed by atoms with Gasteiger partial charge in [-0.1, -0.05) is 0 Å². The van der Waals surface area contributed by atoms with Gasteiger partial charge in [-0.3, -0.25) is 14.1 Å². The van der Waals surface area contributed by atoms with Crippen molar-refractivity contribution in [3.63, 3.8) is 0 Å². The second kappa shape index (κ2) is 12.9. The minimum absolute atomic E-state index is 0. The van der Waals surface area contributed by atoms with Crippen molar-refractivity contribution >= 4 is 22.1 Å². The van der Waals surface area contributed by atoms with Gasteiger partial charge in [-0.25, -0.2) is 0 Å². The molecule has 1 unspecified atom stereocenters. The Hall–Kier alpha value is 1.85. The van der Waals surface area contributed by atoms with Crippen LogP contribution < -0.4 is 88.7 Å². The Labute approximate surface area is 170 Å². The van der Waals surface area contributed by atoms with Crippen LogP contribution in [0, 0.1) is 0 Å². The summed E-state index contributed by atoms with van der Waals surface area (Å²) in [4.78, 5) is 21.1. The second-order valence-corrected chi connectivity index (χ2v) is 3.95. The maximum absolute atomic E-state index is 10.7. The molecular weight excluding hydrogens is 285 g/mol. The summed E-state index contributed by atoms with van der Waals surface area (Å²) in [5, 5.41) is 6.21. The molecule has 7 nitrogen and oxygen atoms in total. The predicted molar refractivity (Wildman–Crippen MR) is 47.6 cm³/mol. The van der Waals surface area contributed by atoms with Crippen LogP contribution in [0.5, 0.6) is 0 Å². The molecule has 17 heavy (non-hydrogen) atoms. The quantitative estimate of drug-likeness (QED) is 0.294. The fourth-order valence-corrected chi connectivity index (χ4v) is 1.29. The summed E-state index contributed by atoms with van der Waals surface area (Å²) in [5.41, 5.74) is 0. The van der Waals surface area contributed by atoms with Crippen LogP contribution in [0.15, 0.2) is 0 Å². The Morgan fingerprint density at radius 3 is 1.94 bits per heavy atom. The number of aliphatic carboxylic acids is 1. The van der Waals surface area contributed by atoms with E-state index in [4.69, 9.17) is 9.66 Å². The molecule has 0 aliphatic rings. The standard InChI is InChI=1S/C6H10O7S.3Na.3H/c1-2-13-5(7)3-4(6(8)9)14(10,11)12;;;;;;/h4H,2-3H2,1H3,(H,8,9)(H,10,11,12);;;;;;/q;3*+1;3*-1. The number of esters is 1. The van der Waals surface area contributed by atoms with Gasteiger partial charge in [-0.05, 0) is 6.92 Å². The Kier molecular flexibility index (Phi) is 20.6. The van der Waals surface area contributed by atoms with Crippen molar-refractivity contribution in [2.75, 3.05) is 6.61 Å². The van der Waals surface area contributed by atoms with Crippen LogP contribution in [0.2, 0.25) is 0 Å². The summed E-state index contributed by atoms with van der Waals surface area (Å²) in [7, 11) is -4.78. The molecule has 1 atom stereocenters. The number of carbonyl (C=O) groups is 2. The molecule has 0 saturated carbocycles. The van der Waals surface area contributed by atoms with Crippen molar-refractivity contribution in [3.8, 4) is 0 Å². The molecule has 0 fully saturated rings. The molecule has 2 N–H and O–H groups in total. The second-order valence-electron chi connectivity index (χ2n) is 2.35. The number of carbonyl (C=O) groups excluding carboxylic acids is 1. The van der Waals surface area contributed by atoms with Gasteiger partial charge in [-0.2, -0.15) is 8.42 Å². The molecule has 0 bridgehead atoms. The number of hydrogen-bond acceptors (Lipinski definition) is 5. The van der Waals surface area contributed by atoms with E-state index >= 15 is 0 Å². The smallest absolute Gasteiger partial charge is 1.00 e. The van der Waals surface area contributed by atoms with Crippen LogP contribution in [0.25, 0.3) is 0 Å². The molecule has 0 spiro atoms. The van der Waals surface area contributed by atoms with Gasteiger partial charge in [0, 0.05) is 0 Å². The van der Waals surface area contributed by atoms with Gasteiger partial charge < -0.3 is 14.1 Å². The Morgan fingerprint density at radius 2 is 1.71 bits per heavy atom. The van der Waals surface area contributed by atoms with Crippen LogP contribution in [-0.4, -0.2) is 41.9 Å². The maximum atomic E-state index is 10.7. The summed E-state index contributed by atoms with van der Waals surface area (Å²) in [5.74, 6) is -2.78. The molecule has 0 radical (unpaired) electrons. The molecule has 0 heterocycles. The monoisotopic (exact) mass is 298 g/mol. The molecule has 0 aromatic heterocycles. The van der Waals surface area contributed by atoms with E-state index in [9.17, 15) is 18.0 Å². The van der Waals surface area contributed by atoms with E-state index in [1.165, 1.54) is 6.92 Å². The van der Waals surface area contributed by atoms with Gasteiger partial charge in [-0.15, -0.1) is 0 Å². The minimum atomic E-state index is -4.78. The van der Waals surface area contributed by atoms with Gasteiger partial charge in [0.25, 0.3) is 10.1 Å². The van der Waals surface area contributed by atoms with Gasteiger partial charge in [0.1, 0.15) is 0 Å². The fraction of sp³-hybridized carbons (Fsp3) is 0.667. The summed E-state index contributed by atoms with van der Waals surface area (Å²) in [6, 6.07) is 0. The number of ether oxygens (including phenoxy) is 1. The Balaban J connectivity index is -0.0000000563. The molecule has 88 valence electrons. The molecule has 0 aromatic carbocycles. The number of carboxylic acids is 1. The third-order valence-electron chi connectivity index (χ3n) is 1.29. The van der Waals surface area contributed by atoms with Crippen LogP contribution in [0.3, 0.4) is 0 Å². The number of carboxylic acid groups (broad SMARTS) is 1. The average molecular weight is 298 g/mol. The normalized spacial score (nSPS) is 10.9. The van der Waals surface area contributed by atoms with Crippen molar-refractivity contribution in [1.29, 1.82) is 0 Å². The topological polar surface area (TPSA) is 118 Å². The van der Waals surface area contributed by atoms with Crippen LogP contribution in [-0.2, 0) is 24.4 Å². The molecule has 0 aliphatic carbocycles. The third-order valence-corrected chi connectivity index (χ3v) is 2.38. The van der Waals surface area contributed by atoms with Crippen molar-refractivity contribution < 1.29 is 125 Å². The molecule has 0 saturated heterocycles. The maximum Gasteiger partial charge on any atom is 1.00 e. The Morgan fingerprint density at radius 1 is 1.29 bits per heavy atom. The molecule has 0 aromatic rings. The zero-order chi connectivity index (χ0) is 11.4. The number of rotatable bonds is 5. The van der Waals surface area contributed by atoms with E-state index in [1.54, 1.807) is 0 Å². The van der Waals surface area contributed by atoms with Crippen molar-refractivity contribution in [2.24, 2.45) is 0 Å². The van der Waals surface area contributed by atoms with Crippen molar-refractivity contribution in [1.82, 2.24) is 0 Å². The van der Waals surface area contributed by atoms with Gasteiger partial charge in [0.15, 0.2) is 5.25 Å². The van der Waals surface area contributed by atoms with E-state index < -0.39 is 33.7 Å². The summed E-state index contributed by atoms with van der Waals surface area (Å²) in [6.45, 7) is 1.50. The van der Waals surface area contributed by atoms with E-state index in [2.05, 4.69) is 4.74 Å². The fourth-order valence-electron chi connectivity index (χ4n) is 0.691. The predicted octanol–water partition coefficient (Wildman–Crippen LogP) is -9.37. The van der Waals surface area contributed by atoms with E-state index in [-0.39, 0.29) is 99.6 Å². The molecule has 0 rings (SSSR count). The van der Waals surface area contributed by atoms with Gasteiger partial charge in [0.05, 0.1) is 13.0 Å². The first-order valence-electron chi connectivity index (χ1n) is 3.63. The molecule has 0 aliphatic heterocycles. The van der Waals surface area contributed by atoms with Crippen LogP contribution in [0.4, 0.5) is 0 Å². The summed E-state index contributed by atoms with van der Waals surface area (Å²) >= 11 is 0. The van der Waals surface area contributed by atoms with Crippen molar-refractivity contribution in [2.45, 2.75) is 18.6 Å². The van der Waals surface area contributed by atoms with Gasteiger partial charge in [0.2, 0.25) is 0 Å². The number of hydrogen-bond donors (Lipinski definition) is 2. The zero-order valence-corrected chi connectivity index (χ0v) is 17.2. The van der Waals surface area contributed by atoms with E-state index in [0.717, 1.165) is 0 Å². The molecule has 0 amide bonds. The van der Waals surface area contributed by atoms with Crippen molar-refractivity contribution in [3.05, 3.63) is 0 Å². The summed E-state index contributed by atoms with van der Waals surface area (Å²) < 4.78 is 33.7. The summed E-state index contributed by atoms with van der Waals surface area (Å²) in [6.07, 6.45) is -0.901. The van der Waals surface area contributed by atoms with Crippen LogP contribution in [0.1, 0.15) is 17.6 Å². The molecule has 11 heteroatoms. The largest absolute Gasteiger partial charge is 1.00 e. The SMILES string of the molecule is CCOC(=O)CC(C(=O)O)S(=O)(=O)O.[H-].[H-].[H-].[Na+].[Na+].[Na+]. The third kappa shape index (κ3) is 12.6. The van der Waals surface area contributed by atoms with E-state index in [0.29, 0.717) is 0 Å². The average Bonchev–Trinajstić information content (AvgIpc) is 1.98. The van der Waals surface area contributed by atoms with Crippen LogP contribution >= 0.6 is 0 Å². The zero-order valence-electron chi connectivity index (χ0n) is 13.3. The first kappa shape index (κ1) is 27.2. The first-order valence-corrected chi connectivity index (χ1v) is 5.14. The molecular formula is C6H13Na3O7S. The first-order chi connectivity index (χ1) is 6.29. The Bertz CT molecular complexity index is 341.